The summed E-state index contributed by atoms with van der Waals surface area (Å²) < 4.78 is 11.0. The third-order valence-electron chi connectivity index (χ3n) is 4.29. The molecule has 0 aromatic heterocycles. The van der Waals surface area contributed by atoms with Crippen molar-refractivity contribution in [3.05, 3.63) is 82.9 Å². The summed E-state index contributed by atoms with van der Waals surface area (Å²) in [4.78, 5) is 10.0. The molecule has 3 aromatic rings. The Kier molecular flexibility index (Phi) is 7.68. The van der Waals surface area contributed by atoms with Gasteiger partial charge in [0.25, 0.3) is 0 Å². The van der Waals surface area contributed by atoms with Crippen LogP contribution in [0.4, 0.5) is 0 Å². The van der Waals surface area contributed by atoms with Crippen LogP contribution in [-0.4, -0.2) is 15.1 Å². The molecule has 0 saturated heterocycles. The van der Waals surface area contributed by atoms with Gasteiger partial charge in [-0.15, -0.1) is 0 Å². The van der Waals surface area contributed by atoms with Crippen molar-refractivity contribution in [1.29, 1.82) is 0 Å². The van der Waals surface area contributed by atoms with Crippen LogP contribution < -0.4 is 9.05 Å². The largest absolute Gasteiger partial charge is 0.508 e. The number of rotatable bonds is 4. The molecule has 0 aliphatic rings. The zero-order chi connectivity index (χ0) is 20.7. The maximum Gasteiger partial charge on any atom is 0.460 e. The van der Waals surface area contributed by atoms with Crippen molar-refractivity contribution in [2.75, 3.05) is 0 Å². The normalized spacial score (nSPS) is 10.2. The molecule has 6 heteroatoms. The van der Waals surface area contributed by atoms with E-state index in [2.05, 4.69) is 0 Å². The van der Waals surface area contributed by atoms with Gasteiger partial charge in [-0.05, 0) is 74.2 Å². The van der Waals surface area contributed by atoms with E-state index in [1.807, 2.05) is 64.1 Å². The van der Waals surface area contributed by atoms with Crippen LogP contribution in [0, 0.1) is 27.7 Å². The van der Waals surface area contributed by atoms with Gasteiger partial charge in [0.1, 0.15) is 23.0 Å². The highest BCUT2D eigenvalue weighted by molar-refractivity contribution is 7.41. The molecule has 0 saturated carbocycles. The van der Waals surface area contributed by atoms with Gasteiger partial charge in [0, 0.05) is 6.07 Å². The van der Waals surface area contributed by atoms with Gasteiger partial charge in [-0.2, -0.15) is 0 Å². The summed E-state index contributed by atoms with van der Waals surface area (Å²) in [5, 5.41) is 17.3. The Bertz CT molecular complexity index is 856. The van der Waals surface area contributed by atoms with Gasteiger partial charge >= 0.3 is 8.60 Å². The smallest absolute Gasteiger partial charge is 0.460 e. The van der Waals surface area contributed by atoms with E-state index in [4.69, 9.17) is 19.3 Å². The summed E-state index contributed by atoms with van der Waals surface area (Å²) >= 11 is 0. The average Bonchev–Trinajstić information content (AvgIpc) is 2.63. The Morgan fingerprint density at radius 2 is 1.04 bits per heavy atom. The fourth-order valence-electron chi connectivity index (χ4n) is 2.33. The summed E-state index contributed by atoms with van der Waals surface area (Å²) in [6.07, 6.45) is 0. The number of hydrogen-bond donors (Lipinski definition) is 3. The number of benzene rings is 3. The summed E-state index contributed by atoms with van der Waals surface area (Å²) in [6, 6.07) is 17.3. The first-order valence-electron chi connectivity index (χ1n) is 8.73. The average molecular weight is 400 g/mol. The number of aromatic hydroxyl groups is 2. The molecule has 0 heterocycles. The van der Waals surface area contributed by atoms with Crippen molar-refractivity contribution in [2.45, 2.75) is 27.7 Å². The predicted molar refractivity (Wildman–Crippen MR) is 112 cm³/mol. The van der Waals surface area contributed by atoms with Crippen molar-refractivity contribution in [3.63, 3.8) is 0 Å². The Labute approximate surface area is 166 Å². The van der Waals surface area contributed by atoms with Crippen molar-refractivity contribution in [1.82, 2.24) is 0 Å². The molecule has 0 aliphatic heterocycles. The first-order chi connectivity index (χ1) is 13.3. The zero-order valence-corrected chi connectivity index (χ0v) is 17.3. The summed E-state index contributed by atoms with van der Waals surface area (Å²) in [7, 11) is -1.99. The summed E-state index contributed by atoms with van der Waals surface area (Å²) in [5.41, 5.74) is 4.27. The molecule has 0 amide bonds. The molecule has 3 aromatic carbocycles. The van der Waals surface area contributed by atoms with Gasteiger partial charge < -0.3 is 24.2 Å². The predicted octanol–water partition coefficient (Wildman–Crippen LogP) is 5.70. The van der Waals surface area contributed by atoms with Crippen molar-refractivity contribution >= 4 is 8.60 Å². The van der Waals surface area contributed by atoms with Crippen LogP contribution in [0.1, 0.15) is 22.3 Å². The molecule has 0 spiro atoms. The molecule has 0 bridgehead atoms. The topological polar surface area (TPSA) is 79.2 Å². The molecule has 3 N–H and O–H groups in total. The van der Waals surface area contributed by atoms with Crippen LogP contribution >= 0.6 is 8.60 Å². The fraction of sp³-hybridized carbons (Fsp3) is 0.182. The van der Waals surface area contributed by atoms with E-state index in [-0.39, 0.29) is 11.5 Å². The van der Waals surface area contributed by atoms with E-state index >= 15 is 0 Å². The number of aryl methyl sites for hydroxylation is 2. The lowest BCUT2D eigenvalue weighted by Crippen LogP contribution is -1.98. The van der Waals surface area contributed by atoms with Crippen LogP contribution in [-0.2, 0) is 0 Å². The number of phenols is 2. The van der Waals surface area contributed by atoms with Gasteiger partial charge in [-0.1, -0.05) is 30.3 Å². The summed E-state index contributed by atoms with van der Waals surface area (Å²) in [6.45, 7) is 7.94. The van der Waals surface area contributed by atoms with Gasteiger partial charge in [-0.3, -0.25) is 0 Å². The molecule has 0 radical (unpaired) electrons. The van der Waals surface area contributed by atoms with Gasteiger partial charge in [0.05, 0.1) is 0 Å². The molecule has 0 atom stereocenters. The first kappa shape index (κ1) is 21.5. The maximum atomic E-state index is 10.0. The van der Waals surface area contributed by atoms with E-state index in [1.165, 1.54) is 18.2 Å². The molecule has 0 aliphatic carbocycles. The quantitative estimate of drug-likeness (QED) is 0.490. The highest BCUT2D eigenvalue weighted by atomic mass is 31.2. The first-order valence-corrected chi connectivity index (χ1v) is 9.86. The van der Waals surface area contributed by atoms with Crippen molar-refractivity contribution in [3.8, 4) is 23.0 Å². The van der Waals surface area contributed by atoms with Crippen molar-refractivity contribution in [2.24, 2.45) is 0 Å². The Morgan fingerprint density at radius 3 is 1.39 bits per heavy atom. The fourth-order valence-corrected chi connectivity index (χ4v) is 3.10. The third kappa shape index (κ3) is 6.15. The molecular formula is C22H25O5P. The minimum absolute atomic E-state index is 0.0880. The molecule has 0 unspecified atom stereocenters. The lowest BCUT2D eigenvalue weighted by atomic mass is 10.1. The SMILES string of the molecule is Cc1cccc(OP(O)Oc2cccc(C)c2C)c1C.Oc1cccc(O)c1. The van der Waals surface area contributed by atoms with E-state index in [0.29, 0.717) is 11.5 Å². The lowest BCUT2D eigenvalue weighted by Gasteiger charge is -2.16. The molecule has 0 fully saturated rings. The minimum Gasteiger partial charge on any atom is -0.508 e. The second-order valence-electron chi connectivity index (χ2n) is 6.34. The molecule has 28 heavy (non-hydrogen) atoms. The third-order valence-corrected chi connectivity index (χ3v) is 5.00. The van der Waals surface area contributed by atoms with Gasteiger partial charge in [0.2, 0.25) is 0 Å². The molecule has 3 rings (SSSR count). The molecular weight excluding hydrogens is 375 g/mol. The van der Waals surface area contributed by atoms with Crippen LogP contribution in [0.5, 0.6) is 23.0 Å². The minimum atomic E-state index is -1.99. The Hall–Kier alpha value is -2.75. The molecule has 148 valence electrons. The highest BCUT2D eigenvalue weighted by Gasteiger charge is 2.15. The van der Waals surface area contributed by atoms with E-state index < -0.39 is 8.60 Å². The van der Waals surface area contributed by atoms with E-state index in [9.17, 15) is 4.89 Å². The Balaban J connectivity index is 0.000000292. The number of hydrogen-bond acceptors (Lipinski definition) is 5. The van der Waals surface area contributed by atoms with Crippen molar-refractivity contribution < 1.29 is 24.2 Å². The Morgan fingerprint density at radius 1 is 0.643 bits per heavy atom. The zero-order valence-electron chi connectivity index (χ0n) is 16.4. The highest BCUT2D eigenvalue weighted by Crippen LogP contribution is 2.39. The number of phenolic OH excluding ortho intramolecular Hbond substituents is 2. The summed E-state index contributed by atoms with van der Waals surface area (Å²) in [5.74, 6) is 1.49. The van der Waals surface area contributed by atoms with Crippen LogP contribution in [0.15, 0.2) is 60.7 Å². The molecule has 5 nitrogen and oxygen atoms in total. The van der Waals surface area contributed by atoms with Gasteiger partial charge in [0.15, 0.2) is 0 Å². The van der Waals surface area contributed by atoms with E-state index in [1.54, 1.807) is 6.07 Å². The monoisotopic (exact) mass is 400 g/mol. The van der Waals surface area contributed by atoms with E-state index in [0.717, 1.165) is 22.3 Å². The second kappa shape index (κ2) is 9.98. The lowest BCUT2D eigenvalue weighted by molar-refractivity contribution is 0.379. The van der Waals surface area contributed by atoms with Crippen LogP contribution in [0.2, 0.25) is 0 Å². The van der Waals surface area contributed by atoms with Gasteiger partial charge in [-0.25, -0.2) is 0 Å². The maximum absolute atomic E-state index is 10.0. The second-order valence-corrected chi connectivity index (χ2v) is 7.18. The van der Waals surface area contributed by atoms with Crippen LogP contribution in [0.3, 0.4) is 0 Å². The standard InChI is InChI=1S/C16H19O3P.C6H6O2/c1-11-7-5-9-15(13(11)3)18-20(17)19-16-10-6-8-12(2)14(16)4;7-5-2-1-3-6(8)4-5/h5-10,17H,1-4H3;1-4,7-8H. The van der Waals surface area contributed by atoms with Crippen LogP contribution in [0.25, 0.3) is 0 Å².